The van der Waals surface area contributed by atoms with Crippen LogP contribution in [0, 0.1) is 12.3 Å². The molecule has 0 N–H and O–H groups in total. The van der Waals surface area contributed by atoms with E-state index < -0.39 is 0 Å². The fraction of sp³-hybridized carbons (Fsp3) is 0.100. The molecule has 0 radical (unpaired) electrons. The average molecular weight is 428 g/mol. The van der Waals surface area contributed by atoms with E-state index in [1.807, 2.05) is 48.5 Å². The fourth-order valence-electron chi connectivity index (χ4n) is 2.34. The maximum Gasteiger partial charge on any atom is 0.294 e. The van der Waals surface area contributed by atoms with E-state index in [1.165, 1.54) is 0 Å². The van der Waals surface area contributed by atoms with Crippen LogP contribution >= 0.6 is 27.7 Å². The highest BCUT2D eigenvalue weighted by atomic mass is 79.9. The second-order valence-corrected chi connectivity index (χ2v) is 7.28. The minimum absolute atomic E-state index is 0.0159. The van der Waals surface area contributed by atoms with Gasteiger partial charge in [-0.2, -0.15) is 0 Å². The molecule has 1 aliphatic rings. The molecule has 0 aliphatic carbocycles. The van der Waals surface area contributed by atoms with E-state index in [-0.39, 0.29) is 17.7 Å². The highest BCUT2D eigenvalue weighted by molar-refractivity contribution is 9.10. The Morgan fingerprint density at radius 2 is 1.96 bits per heavy atom. The van der Waals surface area contributed by atoms with Crippen LogP contribution in [0.1, 0.15) is 11.1 Å². The third kappa shape index (κ3) is 4.18. The van der Waals surface area contributed by atoms with Crippen molar-refractivity contribution in [1.29, 1.82) is 0 Å². The molecule has 1 saturated heterocycles. The first-order valence-corrected chi connectivity index (χ1v) is 9.34. The second-order valence-electron chi connectivity index (χ2n) is 5.44. The number of imide groups is 1. The maximum atomic E-state index is 12.2. The van der Waals surface area contributed by atoms with Gasteiger partial charge in [-0.1, -0.05) is 42.3 Å². The van der Waals surface area contributed by atoms with Crippen molar-refractivity contribution in [1.82, 2.24) is 4.90 Å². The molecular weight excluding hydrogens is 414 g/mol. The lowest BCUT2D eigenvalue weighted by Gasteiger charge is -2.09. The predicted octanol–water partition coefficient (Wildman–Crippen LogP) is 4.70. The van der Waals surface area contributed by atoms with Crippen LogP contribution in [0.5, 0.6) is 5.75 Å². The molecule has 3 rings (SSSR count). The van der Waals surface area contributed by atoms with Crippen LogP contribution in [0.2, 0.25) is 0 Å². The molecule has 0 spiro atoms. The zero-order valence-corrected chi connectivity index (χ0v) is 16.0. The summed E-state index contributed by atoms with van der Waals surface area (Å²) in [6, 6.07) is 15.4. The third-order valence-electron chi connectivity index (χ3n) is 3.61. The van der Waals surface area contributed by atoms with Gasteiger partial charge in [-0.05, 0) is 57.0 Å². The van der Waals surface area contributed by atoms with E-state index in [4.69, 9.17) is 11.2 Å². The molecule has 0 unspecified atom stereocenters. The number of terminal acetylenes is 1. The summed E-state index contributed by atoms with van der Waals surface area (Å²) in [6.45, 7) is 0.446. The van der Waals surface area contributed by atoms with Crippen molar-refractivity contribution in [3.8, 4) is 18.1 Å². The molecule has 4 nitrogen and oxygen atoms in total. The largest absolute Gasteiger partial charge is 0.488 e. The number of nitrogens with zero attached hydrogens (tertiary/aromatic N) is 1. The van der Waals surface area contributed by atoms with E-state index in [9.17, 15) is 9.59 Å². The summed E-state index contributed by atoms with van der Waals surface area (Å²) in [7, 11) is 0. The molecule has 26 heavy (non-hydrogen) atoms. The number of hydrogen-bond acceptors (Lipinski definition) is 4. The Morgan fingerprint density at radius 3 is 2.65 bits per heavy atom. The smallest absolute Gasteiger partial charge is 0.294 e. The van der Waals surface area contributed by atoms with Gasteiger partial charge in [-0.25, -0.2) is 0 Å². The Kier molecular flexibility index (Phi) is 5.82. The van der Waals surface area contributed by atoms with Gasteiger partial charge in [-0.3, -0.25) is 14.5 Å². The minimum atomic E-state index is -0.363. The van der Waals surface area contributed by atoms with E-state index in [0.29, 0.717) is 17.3 Å². The summed E-state index contributed by atoms with van der Waals surface area (Å²) in [5, 5.41) is -0.346. The Balaban J connectivity index is 1.73. The molecule has 1 fully saturated rings. The third-order valence-corrected chi connectivity index (χ3v) is 5.14. The fourth-order valence-corrected chi connectivity index (χ4v) is 3.69. The summed E-state index contributed by atoms with van der Waals surface area (Å²) in [4.78, 5) is 25.4. The zero-order valence-electron chi connectivity index (χ0n) is 13.6. The van der Waals surface area contributed by atoms with Crippen LogP contribution < -0.4 is 4.74 Å². The molecular formula is C20H14BrNO3S. The van der Waals surface area contributed by atoms with Gasteiger partial charge in [0.1, 0.15) is 12.4 Å². The second kappa shape index (κ2) is 8.26. The summed E-state index contributed by atoms with van der Waals surface area (Å²) in [5.41, 5.74) is 1.86. The standard InChI is InChI=1S/C20H14BrNO3S/c1-2-10-22-19(23)18(26-20(22)24)12-15-8-9-17(16(21)11-15)25-13-14-6-4-3-5-7-14/h1,3-9,11-12H,10,13H2/b18-12+. The Morgan fingerprint density at radius 1 is 1.19 bits per heavy atom. The number of ether oxygens (including phenoxy) is 1. The van der Waals surface area contributed by atoms with E-state index >= 15 is 0 Å². The first-order chi connectivity index (χ1) is 12.6. The van der Waals surface area contributed by atoms with Gasteiger partial charge in [0.05, 0.1) is 15.9 Å². The lowest BCUT2D eigenvalue weighted by molar-refractivity contribution is -0.122. The number of rotatable bonds is 5. The predicted molar refractivity (Wildman–Crippen MR) is 106 cm³/mol. The number of thioether (sulfide) groups is 1. The van der Waals surface area contributed by atoms with Crippen LogP contribution in [0.25, 0.3) is 6.08 Å². The summed E-state index contributed by atoms with van der Waals surface area (Å²) in [5.74, 6) is 2.66. The highest BCUT2D eigenvalue weighted by Gasteiger charge is 2.34. The van der Waals surface area contributed by atoms with Crippen molar-refractivity contribution in [2.75, 3.05) is 6.54 Å². The van der Waals surface area contributed by atoms with Crippen molar-refractivity contribution < 1.29 is 14.3 Å². The van der Waals surface area contributed by atoms with Gasteiger partial charge >= 0.3 is 0 Å². The molecule has 1 heterocycles. The van der Waals surface area contributed by atoms with Crippen LogP contribution in [-0.4, -0.2) is 22.6 Å². The lowest BCUT2D eigenvalue weighted by atomic mass is 10.2. The van der Waals surface area contributed by atoms with Crippen molar-refractivity contribution >= 4 is 44.9 Å². The Labute approximate surface area is 164 Å². The number of amides is 2. The van der Waals surface area contributed by atoms with Crippen LogP contribution in [0.4, 0.5) is 4.79 Å². The van der Waals surface area contributed by atoms with Crippen LogP contribution in [-0.2, 0) is 11.4 Å². The highest BCUT2D eigenvalue weighted by Crippen LogP contribution is 2.33. The quantitative estimate of drug-likeness (QED) is 0.512. The lowest BCUT2D eigenvalue weighted by Crippen LogP contribution is -2.28. The molecule has 2 aromatic carbocycles. The van der Waals surface area contributed by atoms with Gasteiger partial charge in [0.25, 0.3) is 11.1 Å². The number of benzene rings is 2. The van der Waals surface area contributed by atoms with Crippen molar-refractivity contribution in [2.45, 2.75) is 6.61 Å². The molecule has 0 saturated carbocycles. The summed E-state index contributed by atoms with van der Waals surface area (Å²) in [6.07, 6.45) is 6.87. The van der Waals surface area contributed by atoms with E-state index in [2.05, 4.69) is 21.9 Å². The average Bonchev–Trinajstić information content (AvgIpc) is 2.90. The first-order valence-electron chi connectivity index (χ1n) is 7.73. The number of carbonyl (C=O) groups excluding carboxylic acids is 2. The SMILES string of the molecule is C#CCN1C(=O)S/C(=C/c2ccc(OCc3ccccc3)c(Br)c2)C1=O. The number of halogens is 1. The Hall–Kier alpha value is -2.49. The normalized spacial score (nSPS) is 15.4. The van der Waals surface area contributed by atoms with Gasteiger partial charge in [0, 0.05) is 0 Å². The van der Waals surface area contributed by atoms with Gasteiger partial charge in [0.15, 0.2) is 0 Å². The molecule has 130 valence electrons. The molecule has 0 bridgehead atoms. The Bertz CT molecular complexity index is 918. The monoisotopic (exact) mass is 427 g/mol. The van der Waals surface area contributed by atoms with E-state index in [1.54, 1.807) is 6.08 Å². The first kappa shape index (κ1) is 18.3. The number of hydrogen-bond donors (Lipinski definition) is 0. The molecule has 2 aromatic rings. The van der Waals surface area contributed by atoms with Gasteiger partial charge < -0.3 is 4.74 Å². The topological polar surface area (TPSA) is 46.6 Å². The zero-order chi connectivity index (χ0) is 18.5. The molecule has 0 atom stereocenters. The molecule has 2 amide bonds. The van der Waals surface area contributed by atoms with Crippen LogP contribution in [0.15, 0.2) is 57.9 Å². The summed E-state index contributed by atoms with van der Waals surface area (Å²) >= 11 is 4.37. The van der Waals surface area contributed by atoms with Gasteiger partial charge in [-0.15, -0.1) is 6.42 Å². The van der Waals surface area contributed by atoms with Crippen molar-refractivity contribution in [3.05, 3.63) is 69.0 Å². The number of carbonyl (C=O) groups is 2. The van der Waals surface area contributed by atoms with Crippen molar-refractivity contribution in [2.24, 2.45) is 0 Å². The van der Waals surface area contributed by atoms with Crippen molar-refractivity contribution in [3.63, 3.8) is 0 Å². The minimum Gasteiger partial charge on any atom is -0.488 e. The summed E-state index contributed by atoms with van der Waals surface area (Å²) < 4.78 is 6.58. The molecule has 1 aliphatic heterocycles. The molecule has 0 aromatic heterocycles. The van der Waals surface area contributed by atoms with Crippen LogP contribution in [0.3, 0.4) is 0 Å². The maximum absolute atomic E-state index is 12.2. The van der Waals surface area contributed by atoms with Gasteiger partial charge in [0.2, 0.25) is 0 Å². The van der Waals surface area contributed by atoms with E-state index in [0.717, 1.165) is 32.3 Å². The molecule has 6 heteroatoms.